The predicted molar refractivity (Wildman–Crippen MR) is 402 cm³/mol. The number of rotatable bonds is 27. The van der Waals surface area contributed by atoms with E-state index in [2.05, 4.69) is 51.8 Å². The molecule has 600 valence electrons. The second-order valence-corrected chi connectivity index (χ2v) is 29.7. The molecule has 3 saturated heterocycles. The number of amidine groups is 3. The lowest BCUT2D eigenvalue weighted by Crippen LogP contribution is -2.54. The number of likely N-dealkylation sites (tertiary alicyclic amines) is 3. The maximum Gasteiger partial charge on any atom is 0.338 e. The number of aromatic nitrogens is 3. The van der Waals surface area contributed by atoms with Crippen molar-refractivity contribution in [3.63, 3.8) is 0 Å². The monoisotopic (exact) mass is 1720 g/mol. The molecule has 12 rings (SSSR count). The van der Waals surface area contributed by atoms with Gasteiger partial charge in [0.2, 0.25) is 0 Å². The molecule has 0 saturated carbocycles. The highest BCUT2D eigenvalue weighted by atomic mass is 79.9. The number of thiazole rings is 3. The van der Waals surface area contributed by atoms with Gasteiger partial charge in [-0.1, -0.05) is 57.3 Å². The molecule has 0 radical (unpaired) electrons. The second-order valence-electron chi connectivity index (χ2n) is 25.3. The number of benzene rings is 3. The summed E-state index contributed by atoms with van der Waals surface area (Å²) in [6.07, 6.45) is -4.26. The van der Waals surface area contributed by atoms with Crippen molar-refractivity contribution in [1.29, 1.82) is 0 Å². The zero-order valence-corrected chi connectivity index (χ0v) is 65.3. The van der Waals surface area contributed by atoms with Gasteiger partial charge in [0.1, 0.15) is 86.2 Å². The molecule has 3 aromatic heterocycles. The number of hydrogen-bond donors (Lipinski definition) is 6. The van der Waals surface area contributed by atoms with Gasteiger partial charge in [0.15, 0.2) is 32.5 Å². The number of aliphatic carboxylic acids is 3. The summed E-state index contributed by atoms with van der Waals surface area (Å²) in [4.78, 5) is 104. The molecule has 0 spiro atoms. The standard InChI is InChI=1S/C24H25BrF2N4O5S.C24H24ClF3N4O5S.C24H25ClF2N4O5S/c1-2-35-24(34)20-17(11-31-7-5-18(16(27)10-31)36-12-19(32)33)29-22(23-28-6-8-37-23)30-21(20)14-4-3-13(26)9-15(14)25;1-2-36-24(35)19-17(10-32-8-15(27)21(16(28)9-32)37-11-18(33)34)30-22(23-29-5-6-38-23)31-20(19)13-4-3-12(26)7-14(13)25;1-2-35-24(34)20-17(11-31-7-5-18(16(27)10-31)36-12-19(32)33)29-22(23-28-6-8-37-23)30-21(20)14-4-3-13(26)9-15(14)25/h3-4,6,8-9,16,18,21H,2,5,7,10-12H2,1H3,(H,29,30)(H,32,33);3-7,15-16,20-21H,2,8-11H2,1H3,(H,30,31)(H,33,34);3-4,6,8-9,16,18,21H,2,5,7,10-12H2,1H3,(H,29,30)(H,32,33)/t16?,18?,21-;15?,16?,20-,21?;16?,18?,21-/m000/s1. The zero-order chi connectivity index (χ0) is 80.4. The van der Waals surface area contributed by atoms with E-state index in [-0.39, 0.29) is 111 Å². The van der Waals surface area contributed by atoms with E-state index in [4.69, 9.17) is 76.9 Å². The van der Waals surface area contributed by atoms with Gasteiger partial charge < -0.3 is 59.7 Å². The number of nitrogens with one attached hydrogen (secondary N) is 3. The third kappa shape index (κ3) is 22.4. The number of alkyl halides is 4. The van der Waals surface area contributed by atoms with E-state index in [1.54, 1.807) is 66.5 Å². The normalized spacial score (nSPS) is 23.0. The fourth-order valence-electron chi connectivity index (χ4n) is 12.8. The van der Waals surface area contributed by atoms with Crippen molar-refractivity contribution in [3.05, 3.63) is 187 Å². The molecular weight excluding hydrogens is 1650 g/mol. The van der Waals surface area contributed by atoms with Gasteiger partial charge >= 0.3 is 35.8 Å². The summed E-state index contributed by atoms with van der Waals surface area (Å²) in [7, 11) is 0. The van der Waals surface area contributed by atoms with Gasteiger partial charge in [0, 0.05) is 136 Å². The van der Waals surface area contributed by atoms with Gasteiger partial charge in [0.05, 0.1) is 48.7 Å². The van der Waals surface area contributed by atoms with Crippen molar-refractivity contribution in [1.82, 2.24) is 45.6 Å². The van der Waals surface area contributed by atoms with Crippen LogP contribution in [-0.4, -0.2) is 240 Å². The van der Waals surface area contributed by atoms with Crippen LogP contribution in [0.15, 0.2) is 143 Å². The highest BCUT2D eigenvalue weighted by Gasteiger charge is 2.43. The number of carbonyl (C=O) groups is 6. The van der Waals surface area contributed by atoms with Crippen molar-refractivity contribution in [3.8, 4) is 0 Å². The maximum absolute atomic E-state index is 14.9. The van der Waals surface area contributed by atoms with E-state index in [1.807, 2.05) is 4.90 Å². The van der Waals surface area contributed by atoms with Crippen LogP contribution in [0.4, 0.5) is 30.7 Å². The summed E-state index contributed by atoms with van der Waals surface area (Å²) < 4.78 is 133. The van der Waals surface area contributed by atoms with Gasteiger partial charge in [-0.05, 0) is 75.6 Å². The number of nitrogens with zero attached hydrogens (tertiary/aromatic N) is 9. The van der Waals surface area contributed by atoms with E-state index < -0.39 is 134 Å². The molecule has 6 aliphatic rings. The van der Waals surface area contributed by atoms with Gasteiger partial charge in [-0.15, -0.1) is 34.0 Å². The predicted octanol–water partition coefficient (Wildman–Crippen LogP) is 10.1. The summed E-state index contributed by atoms with van der Waals surface area (Å²) in [5.74, 6) is -6.04. The summed E-state index contributed by atoms with van der Waals surface area (Å²) >= 11 is 20.1. The van der Waals surface area contributed by atoms with E-state index >= 15 is 0 Å². The number of esters is 3. The maximum atomic E-state index is 14.9. The third-order valence-electron chi connectivity index (χ3n) is 17.6. The Labute approximate surface area is 666 Å². The quantitative estimate of drug-likeness (QED) is 0.0159. The first-order chi connectivity index (χ1) is 53.7. The molecule has 6 aliphatic heterocycles. The number of carbonyl (C=O) groups excluding carboxylic acids is 3. The first kappa shape index (κ1) is 85.8. The Morgan fingerprint density at radius 2 is 0.821 bits per heavy atom. The van der Waals surface area contributed by atoms with Crippen molar-refractivity contribution in [2.24, 2.45) is 15.0 Å². The highest BCUT2D eigenvalue weighted by Crippen LogP contribution is 2.41. The minimum Gasteiger partial charge on any atom is -0.480 e. The average Bonchev–Trinajstić information content (AvgIpc) is 1.16. The molecule has 0 aliphatic carbocycles. The lowest BCUT2D eigenvalue weighted by Gasteiger charge is -2.38. The topological polar surface area (TPSA) is 340 Å². The van der Waals surface area contributed by atoms with Gasteiger partial charge in [0.25, 0.3) is 0 Å². The Bertz CT molecular complexity index is 4360. The lowest BCUT2D eigenvalue weighted by molar-refractivity contribution is -0.151. The summed E-state index contributed by atoms with van der Waals surface area (Å²) in [6.45, 7) is 3.74. The molecule has 3 fully saturated rings. The fourth-order valence-corrected chi connectivity index (χ4v) is 15.7. The van der Waals surface area contributed by atoms with Gasteiger partial charge in [-0.25, -0.2) is 74.5 Å². The minimum absolute atomic E-state index is 0.0137. The Morgan fingerprint density at radius 3 is 1.14 bits per heavy atom. The number of carboxylic acid groups (broad SMARTS) is 3. The molecule has 112 heavy (non-hydrogen) atoms. The summed E-state index contributed by atoms with van der Waals surface area (Å²) in [6, 6.07) is 8.93. The Balaban J connectivity index is 0.000000178. The molecule has 40 heteroatoms. The lowest BCUT2D eigenvalue weighted by atomic mass is 9.94. The van der Waals surface area contributed by atoms with Crippen LogP contribution in [0.3, 0.4) is 0 Å². The number of aliphatic imine (C=N–C) groups is 3. The summed E-state index contributed by atoms with van der Waals surface area (Å²) in [5, 5.41) is 42.9. The van der Waals surface area contributed by atoms with Crippen LogP contribution in [0.5, 0.6) is 0 Å². The first-order valence-electron chi connectivity index (χ1n) is 34.7. The Kier molecular flexibility index (Phi) is 30.9. The molecule has 6 aromatic rings. The average molecular weight is 1730 g/mol. The van der Waals surface area contributed by atoms with Crippen molar-refractivity contribution < 1.29 is 103 Å². The first-order valence-corrected chi connectivity index (χ1v) is 38.9. The fraction of sp³-hybridized carbons (Fsp3) is 0.417. The number of halogens is 10. The summed E-state index contributed by atoms with van der Waals surface area (Å²) in [5.41, 5.74) is 2.92. The van der Waals surface area contributed by atoms with Gasteiger partial charge in [-0.3, -0.25) is 29.7 Å². The molecule has 6 unspecified atom stereocenters. The van der Waals surface area contributed by atoms with Gasteiger partial charge in [-0.2, -0.15) is 0 Å². The van der Waals surface area contributed by atoms with Crippen molar-refractivity contribution >= 4 is 126 Å². The number of piperidine rings is 3. The van der Waals surface area contributed by atoms with E-state index in [1.165, 1.54) is 75.3 Å². The molecule has 0 bridgehead atoms. The smallest absolute Gasteiger partial charge is 0.338 e. The highest BCUT2D eigenvalue weighted by molar-refractivity contribution is 9.10. The van der Waals surface area contributed by atoms with E-state index in [0.717, 1.165) is 12.1 Å². The Hall–Kier alpha value is -8.67. The van der Waals surface area contributed by atoms with Crippen molar-refractivity contribution in [2.45, 2.75) is 94.7 Å². The molecular formula is C72H74BrCl2F7N12O15S3. The molecule has 27 nitrogen and oxygen atoms in total. The van der Waals surface area contributed by atoms with E-state index in [9.17, 15) is 59.5 Å². The van der Waals surface area contributed by atoms with Crippen LogP contribution in [0.2, 0.25) is 10.0 Å². The SMILES string of the molecule is CCOC(=O)C1=C(CN2CC(F)C(OCC(=O)O)C(F)C2)NC(c2nccs2)=N[C@H]1c1ccc(F)cc1Cl.CCOC(=O)C1=C(CN2CCC(OCC(=O)O)C(F)C2)NC(c2nccs2)=N[C@H]1c1ccc(F)cc1Br.CCOC(=O)C1=C(CN2CCC(OCC(=O)O)C(F)C2)NC(c2nccs2)=N[C@H]1c1ccc(F)cc1Cl. The van der Waals surface area contributed by atoms with Crippen LogP contribution >= 0.6 is 73.1 Å². The largest absolute Gasteiger partial charge is 0.480 e. The molecule has 9 heterocycles. The van der Waals surface area contributed by atoms with Crippen LogP contribution in [0.25, 0.3) is 0 Å². The molecule has 3 aromatic carbocycles. The third-order valence-corrected chi connectivity index (χ3v) is 21.3. The number of ether oxygens (including phenoxy) is 6. The molecule has 6 N–H and O–H groups in total. The molecule has 9 atom stereocenters. The van der Waals surface area contributed by atoms with Crippen LogP contribution < -0.4 is 16.0 Å². The van der Waals surface area contributed by atoms with Crippen molar-refractivity contribution in [2.75, 3.05) is 98.5 Å². The number of carboxylic acids is 3. The van der Waals surface area contributed by atoms with Crippen LogP contribution in [-0.2, 0) is 57.2 Å². The molecule has 0 amide bonds. The zero-order valence-electron chi connectivity index (χ0n) is 59.7. The minimum atomic E-state index is -1.82. The van der Waals surface area contributed by atoms with Crippen LogP contribution in [0, 0.1) is 17.5 Å². The van der Waals surface area contributed by atoms with Crippen LogP contribution in [0.1, 0.15) is 83.5 Å². The number of hydrogen-bond acceptors (Lipinski definition) is 27. The Morgan fingerprint density at radius 1 is 0.491 bits per heavy atom. The second kappa shape index (κ2) is 40.4. The van der Waals surface area contributed by atoms with E-state index in [0.29, 0.717) is 78.2 Å².